The molecule has 6 heteroatoms. The number of nitrogen functional groups attached to an aromatic ring is 1. The number of nitrogens with two attached hydrogens (primary N) is 1. The molecule has 92 valence electrons. The van der Waals surface area contributed by atoms with Gasteiger partial charge in [-0.3, -0.25) is 4.79 Å². The van der Waals surface area contributed by atoms with Crippen molar-refractivity contribution in [3.8, 4) is 0 Å². The Morgan fingerprint density at radius 1 is 1.39 bits per heavy atom. The first-order valence-electron chi connectivity index (χ1n) is 5.04. The minimum absolute atomic E-state index is 0.223. The zero-order valence-corrected chi connectivity index (χ0v) is 10.7. The Kier molecular flexibility index (Phi) is 3.57. The number of nitrogens with zero attached hydrogens (tertiary/aromatic N) is 1. The number of pyridine rings is 1. The minimum atomic E-state index is -0.509. The molecule has 1 aromatic heterocycles. The van der Waals surface area contributed by atoms with Gasteiger partial charge in [0.25, 0.3) is 5.91 Å². The summed E-state index contributed by atoms with van der Waals surface area (Å²) in [6.45, 7) is 0. The second kappa shape index (κ2) is 5.14. The van der Waals surface area contributed by atoms with Gasteiger partial charge >= 0.3 is 0 Å². The molecule has 0 bridgehead atoms. The molecule has 4 nitrogen and oxygen atoms in total. The van der Waals surface area contributed by atoms with E-state index < -0.39 is 11.7 Å². The van der Waals surface area contributed by atoms with Crippen molar-refractivity contribution in [3.63, 3.8) is 0 Å². The first-order valence-corrected chi connectivity index (χ1v) is 5.83. The molecule has 1 heterocycles. The third-order valence-corrected chi connectivity index (χ3v) is 2.79. The normalized spacial score (nSPS) is 10.1. The number of amides is 1. The fraction of sp³-hybridized carbons (Fsp3) is 0. The van der Waals surface area contributed by atoms with Crippen LogP contribution in [0.5, 0.6) is 0 Å². The summed E-state index contributed by atoms with van der Waals surface area (Å²) in [7, 11) is 0. The Morgan fingerprint density at radius 2 is 2.17 bits per heavy atom. The van der Waals surface area contributed by atoms with Gasteiger partial charge in [-0.25, -0.2) is 9.37 Å². The molecular formula is C12H9BrFN3O. The zero-order valence-electron chi connectivity index (χ0n) is 9.15. The number of carbonyl (C=O) groups excluding carboxylic acids is 1. The van der Waals surface area contributed by atoms with Crippen molar-refractivity contribution in [3.05, 3.63) is 52.5 Å². The van der Waals surface area contributed by atoms with Crippen LogP contribution >= 0.6 is 15.9 Å². The van der Waals surface area contributed by atoms with Crippen LogP contribution in [0.2, 0.25) is 0 Å². The third-order valence-electron chi connectivity index (χ3n) is 2.15. The number of benzene rings is 1. The number of nitrogens with one attached hydrogen (secondary N) is 1. The maximum Gasteiger partial charge on any atom is 0.275 e. The lowest BCUT2D eigenvalue weighted by Gasteiger charge is -2.06. The standard InChI is InChI=1S/C12H9BrFN3O/c13-10-2-1-3-16-11(10)12(18)17-9-5-7(14)4-8(15)6-9/h1-6H,15H2,(H,17,18). The third kappa shape index (κ3) is 2.84. The topological polar surface area (TPSA) is 68.0 Å². The summed E-state index contributed by atoms with van der Waals surface area (Å²) >= 11 is 3.22. The largest absolute Gasteiger partial charge is 0.399 e. The van der Waals surface area contributed by atoms with Crippen molar-refractivity contribution in [2.45, 2.75) is 0 Å². The quantitative estimate of drug-likeness (QED) is 0.838. The van der Waals surface area contributed by atoms with Gasteiger partial charge in [0.1, 0.15) is 11.5 Å². The summed E-state index contributed by atoms with van der Waals surface area (Å²) in [5, 5.41) is 2.53. The summed E-state index contributed by atoms with van der Waals surface area (Å²) < 4.78 is 13.7. The second-order valence-electron chi connectivity index (χ2n) is 3.56. The number of anilines is 2. The van der Waals surface area contributed by atoms with E-state index in [4.69, 9.17) is 5.73 Å². The van der Waals surface area contributed by atoms with Gasteiger partial charge in [-0.1, -0.05) is 0 Å². The minimum Gasteiger partial charge on any atom is -0.399 e. The van der Waals surface area contributed by atoms with Crippen LogP contribution in [0, 0.1) is 5.82 Å². The van der Waals surface area contributed by atoms with Crippen molar-refractivity contribution in [1.29, 1.82) is 0 Å². The number of rotatable bonds is 2. The van der Waals surface area contributed by atoms with E-state index >= 15 is 0 Å². The summed E-state index contributed by atoms with van der Waals surface area (Å²) in [5.74, 6) is -0.946. The fourth-order valence-corrected chi connectivity index (χ4v) is 1.86. The Hall–Kier alpha value is -1.95. The van der Waals surface area contributed by atoms with Crippen LogP contribution in [0.1, 0.15) is 10.5 Å². The van der Waals surface area contributed by atoms with Crippen molar-refractivity contribution in [2.75, 3.05) is 11.1 Å². The molecule has 1 amide bonds. The van der Waals surface area contributed by atoms with Crippen molar-refractivity contribution < 1.29 is 9.18 Å². The van der Waals surface area contributed by atoms with Gasteiger partial charge in [-0.2, -0.15) is 0 Å². The summed E-state index contributed by atoms with van der Waals surface area (Å²) in [6, 6.07) is 7.22. The Labute approximate surface area is 111 Å². The van der Waals surface area contributed by atoms with Crippen LogP contribution in [0.3, 0.4) is 0 Å². The lowest BCUT2D eigenvalue weighted by atomic mass is 10.2. The number of aromatic nitrogens is 1. The van der Waals surface area contributed by atoms with E-state index in [1.54, 1.807) is 12.1 Å². The predicted molar refractivity (Wildman–Crippen MR) is 70.7 cm³/mol. The van der Waals surface area contributed by atoms with E-state index in [0.717, 1.165) is 0 Å². The molecule has 0 aliphatic rings. The Balaban J connectivity index is 2.24. The van der Waals surface area contributed by atoms with Crippen molar-refractivity contribution >= 4 is 33.2 Å². The SMILES string of the molecule is Nc1cc(F)cc(NC(=O)c2ncccc2Br)c1. The molecule has 18 heavy (non-hydrogen) atoms. The van der Waals surface area contributed by atoms with Gasteiger partial charge in [0.05, 0.1) is 0 Å². The summed E-state index contributed by atoms with van der Waals surface area (Å²) in [6.07, 6.45) is 1.50. The molecule has 3 N–H and O–H groups in total. The van der Waals surface area contributed by atoms with E-state index in [1.807, 2.05) is 0 Å². The molecule has 0 aliphatic carbocycles. The molecule has 1 aromatic carbocycles. The van der Waals surface area contributed by atoms with Gasteiger partial charge < -0.3 is 11.1 Å². The summed E-state index contributed by atoms with van der Waals surface area (Å²) in [4.78, 5) is 15.8. The Morgan fingerprint density at radius 3 is 2.83 bits per heavy atom. The number of hydrogen-bond acceptors (Lipinski definition) is 3. The van der Waals surface area contributed by atoms with E-state index in [9.17, 15) is 9.18 Å². The highest BCUT2D eigenvalue weighted by Crippen LogP contribution is 2.18. The van der Waals surface area contributed by atoms with Crippen molar-refractivity contribution in [1.82, 2.24) is 4.98 Å². The smallest absolute Gasteiger partial charge is 0.275 e. The molecule has 0 spiro atoms. The van der Waals surface area contributed by atoms with Crippen LogP contribution < -0.4 is 11.1 Å². The highest BCUT2D eigenvalue weighted by Gasteiger charge is 2.11. The van der Waals surface area contributed by atoms with Crippen molar-refractivity contribution in [2.24, 2.45) is 0 Å². The van der Waals surface area contributed by atoms with Gasteiger partial charge in [-0.15, -0.1) is 0 Å². The summed E-state index contributed by atoms with van der Waals surface area (Å²) in [5.41, 5.74) is 6.24. The molecule has 2 rings (SSSR count). The highest BCUT2D eigenvalue weighted by molar-refractivity contribution is 9.10. The number of carbonyl (C=O) groups is 1. The first-order chi connectivity index (χ1) is 8.56. The fourth-order valence-electron chi connectivity index (χ4n) is 1.43. The molecule has 0 unspecified atom stereocenters. The number of hydrogen-bond donors (Lipinski definition) is 2. The molecule has 0 fully saturated rings. The second-order valence-corrected chi connectivity index (χ2v) is 4.42. The van der Waals surface area contributed by atoms with Gasteiger partial charge in [0, 0.05) is 22.0 Å². The van der Waals surface area contributed by atoms with E-state index in [2.05, 4.69) is 26.2 Å². The lowest BCUT2D eigenvalue weighted by molar-refractivity contribution is 0.102. The van der Waals surface area contributed by atoms with E-state index in [1.165, 1.54) is 24.4 Å². The maximum absolute atomic E-state index is 13.1. The molecule has 2 aromatic rings. The Bertz CT molecular complexity index is 583. The lowest BCUT2D eigenvalue weighted by Crippen LogP contribution is -2.14. The molecule has 0 saturated heterocycles. The highest BCUT2D eigenvalue weighted by atomic mass is 79.9. The van der Waals surface area contributed by atoms with Gasteiger partial charge in [0.2, 0.25) is 0 Å². The monoisotopic (exact) mass is 309 g/mol. The van der Waals surface area contributed by atoms with E-state index in [0.29, 0.717) is 4.47 Å². The number of halogens is 2. The van der Waals surface area contributed by atoms with Crippen LogP contribution in [0.15, 0.2) is 41.0 Å². The molecule has 0 aliphatic heterocycles. The average molecular weight is 310 g/mol. The molecule has 0 atom stereocenters. The maximum atomic E-state index is 13.1. The van der Waals surface area contributed by atoms with Crippen LogP contribution in [-0.2, 0) is 0 Å². The van der Waals surface area contributed by atoms with Crippen LogP contribution in [-0.4, -0.2) is 10.9 Å². The molecular weight excluding hydrogens is 301 g/mol. The molecule has 0 radical (unpaired) electrons. The van der Waals surface area contributed by atoms with E-state index in [-0.39, 0.29) is 17.1 Å². The van der Waals surface area contributed by atoms with Gasteiger partial charge in [0.15, 0.2) is 0 Å². The first kappa shape index (κ1) is 12.5. The van der Waals surface area contributed by atoms with Crippen LogP contribution in [0.25, 0.3) is 0 Å². The average Bonchev–Trinajstić information content (AvgIpc) is 2.27. The van der Waals surface area contributed by atoms with Crippen LogP contribution in [0.4, 0.5) is 15.8 Å². The van der Waals surface area contributed by atoms with Gasteiger partial charge in [-0.05, 0) is 46.3 Å². The molecule has 0 saturated carbocycles. The zero-order chi connectivity index (χ0) is 13.1. The predicted octanol–water partition coefficient (Wildman–Crippen LogP) is 2.82.